The number of amides is 2. The van der Waals surface area contributed by atoms with E-state index in [9.17, 15) is 9.59 Å². The van der Waals surface area contributed by atoms with Crippen molar-refractivity contribution in [2.24, 2.45) is 0 Å². The van der Waals surface area contributed by atoms with Crippen LogP contribution >= 0.6 is 0 Å². The Morgan fingerprint density at radius 1 is 1.29 bits per heavy atom. The van der Waals surface area contributed by atoms with Crippen molar-refractivity contribution in [2.75, 3.05) is 33.3 Å². The normalized spacial score (nSPS) is 15.3. The summed E-state index contributed by atoms with van der Waals surface area (Å²) in [6.07, 6.45) is 0.829. The van der Waals surface area contributed by atoms with E-state index < -0.39 is 0 Å². The predicted molar refractivity (Wildman–Crippen MR) is 78.4 cm³/mol. The third-order valence-electron chi connectivity index (χ3n) is 3.82. The first kappa shape index (κ1) is 13.5. The number of ether oxygens (including phenoxy) is 1. The predicted octanol–water partition coefficient (Wildman–Crippen LogP) is 1.09. The van der Waals surface area contributed by atoms with E-state index in [1.807, 2.05) is 24.3 Å². The van der Waals surface area contributed by atoms with Gasteiger partial charge in [0, 0.05) is 31.6 Å². The highest BCUT2D eigenvalue weighted by atomic mass is 16.5. The van der Waals surface area contributed by atoms with E-state index in [0.717, 1.165) is 23.1 Å². The maximum Gasteiger partial charge on any atom is 0.270 e. The first-order chi connectivity index (χ1) is 10.2. The zero-order valence-electron chi connectivity index (χ0n) is 11.8. The SMILES string of the molecule is COc1cccc2cc(C(=O)N3CCN(C=O)CC3)[nH]c12. The van der Waals surface area contributed by atoms with E-state index >= 15 is 0 Å². The topological polar surface area (TPSA) is 65.6 Å². The van der Waals surface area contributed by atoms with Crippen molar-refractivity contribution in [3.05, 3.63) is 30.0 Å². The highest BCUT2D eigenvalue weighted by molar-refractivity contribution is 5.99. The summed E-state index contributed by atoms with van der Waals surface area (Å²) in [5.41, 5.74) is 1.38. The number of carbonyl (C=O) groups excluding carboxylic acids is 2. The molecule has 1 saturated heterocycles. The summed E-state index contributed by atoms with van der Waals surface area (Å²) in [5.74, 6) is 0.677. The van der Waals surface area contributed by atoms with Gasteiger partial charge >= 0.3 is 0 Å². The van der Waals surface area contributed by atoms with Crippen LogP contribution in [0.15, 0.2) is 24.3 Å². The fraction of sp³-hybridized carbons (Fsp3) is 0.333. The van der Waals surface area contributed by atoms with E-state index in [1.54, 1.807) is 16.9 Å². The Hall–Kier alpha value is -2.50. The molecule has 2 heterocycles. The Labute approximate surface area is 122 Å². The van der Waals surface area contributed by atoms with E-state index in [-0.39, 0.29) is 5.91 Å². The highest BCUT2D eigenvalue weighted by Crippen LogP contribution is 2.25. The van der Waals surface area contributed by atoms with Gasteiger partial charge in [0.15, 0.2) is 0 Å². The van der Waals surface area contributed by atoms with Crippen LogP contribution in [-0.2, 0) is 4.79 Å². The lowest BCUT2D eigenvalue weighted by Crippen LogP contribution is -2.48. The number of hydrogen-bond acceptors (Lipinski definition) is 3. The van der Waals surface area contributed by atoms with Crippen molar-refractivity contribution in [1.82, 2.24) is 14.8 Å². The summed E-state index contributed by atoms with van der Waals surface area (Å²) in [6.45, 7) is 2.28. The molecule has 1 aliphatic rings. The fourth-order valence-corrected chi connectivity index (χ4v) is 2.61. The molecule has 1 N–H and O–H groups in total. The molecule has 110 valence electrons. The lowest BCUT2D eigenvalue weighted by molar-refractivity contribution is -0.119. The highest BCUT2D eigenvalue weighted by Gasteiger charge is 2.22. The number of piperazine rings is 1. The number of methoxy groups -OCH3 is 1. The molecule has 6 nitrogen and oxygen atoms in total. The maximum absolute atomic E-state index is 12.5. The quantitative estimate of drug-likeness (QED) is 0.859. The van der Waals surface area contributed by atoms with E-state index in [4.69, 9.17) is 4.74 Å². The van der Waals surface area contributed by atoms with Crippen LogP contribution in [0, 0.1) is 0 Å². The van der Waals surface area contributed by atoms with Crippen molar-refractivity contribution >= 4 is 23.2 Å². The van der Waals surface area contributed by atoms with Gasteiger partial charge in [-0.25, -0.2) is 0 Å². The molecule has 21 heavy (non-hydrogen) atoms. The van der Waals surface area contributed by atoms with Gasteiger partial charge in [-0.3, -0.25) is 9.59 Å². The number of benzene rings is 1. The van der Waals surface area contributed by atoms with Gasteiger partial charge in [-0.15, -0.1) is 0 Å². The Kier molecular flexibility index (Phi) is 3.51. The molecule has 0 aliphatic carbocycles. The molecule has 2 amide bonds. The van der Waals surface area contributed by atoms with Crippen molar-refractivity contribution in [1.29, 1.82) is 0 Å². The monoisotopic (exact) mass is 287 g/mol. The Morgan fingerprint density at radius 3 is 2.71 bits per heavy atom. The smallest absolute Gasteiger partial charge is 0.270 e. The molecule has 0 unspecified atom stereocenters. The summed E-state index contributed by atoms with van der Waals surface area (Å²) in [7, 11) is 1.61. The van der Waals surface area contributed by atoms with Crippen LogP contribution in [0.1, 0.15) is 10.5 Å². The van der Waals surface area contributed by atoms with E-state index in [1.165, 1.54) is 0 Å². The molecule has 6 heteroatoms. The average molecular weight is 287 g/mol. The van der Waals surface area contributed by atoms with Crippen LogP contribution in [0.3, 0.4) is 0 Å². The van der Waals surface area contributed by atoms with E-state index in [0.29, 0.717) is 31.9 Å². The molecule has 1 aromatic heterocycles. The van der Waals surface area contributed by atoms with Crippen molar-refractivity contribution in [3.63, 3.8) is 0 Å². The Bertz CT molecular complexity index is 672. The molecule has 2 aromatic rings. The molecule has 1 fully saturated rings. The fourth-order valence-electron chi connectivity index (χ4n) is 2.61. The van der Waals surface area contributed by atoms with Gasteiger partial charge in [0.25, 0.3) is 5.91 Å². The number of para-hydroxylation sites is 1. The number of carbonyl (C=O) groups is 2. The number of rotatable bonds is 3. The van der Waals surface area contributed by atoms with Gasteiger partial charge in [-0.05, 0) is 12.1 Å². The Morgan fingerprint density at radius 2 is 2.05 bits per heavy atom. The summed E-state index contributed by atoms with van der Waals surface area (Å²) in [4.78, 5) is 29.8. The first-order valence-electron chi connectivity index (χ1n) is 6.87. The van der Waals surface area contributed by atoms with Crippen LogP contribution in [0.4, 0.5) is 0 Å². The number of aromatic nitrogens is 1. The lowest BCUT2D eigenvalue weighted by Gasteiger charge is -2.32. The first-order valence-corrected chi connectivity index (χ1v) is 6.87. The summed E-state index contributed by atoms with van der Waals surface area (Å²) >= 11 is 0. The van der Waals surface area contributed by atoms with Gasteiger partial charge in [-0.1, -0.05) is 12.1 Å². The molecular weight excluding hydrogens is 270 g/mol. The van der Waals surface area contributed by atoms with Crippen LogP contribution in [0.2, 0.25) is 0 Å². The molecule has 1 aliphatic heterocycles. The van der Waals surface area contributed by atoms with Gasteiger partial charge in [0.1, 0.15) is 11.4 Å². The minimum atomic E-state index is -0.0428. The minimum Gasteiger partial charge on any atom is -0.495 e. The molecule has 0 saturated carbocycles. The third kappa shape index (κ3) is 2.44. The second kappa shape index (κ2) is 5.47. The zero-order chi connectivity index (χ0) is 14.8. The molecule has 1 aromatic carbocycles. The number of nitrogens with zero attached hydrogens (tertiary/aromatic N) is 2. The van der Waals surface area contributed by atoms with Gasteiger partial charge in [0.05, 0.1) is 12.6 Å². The van der Waals surface area contributed by atoms with Crippen LogP contribution in [0.25, 0.3) is 10.9 Å². The molecular formula is C15H17N3O3. The average Bonchev–Trinajstić information content (AvgIpc) is 2.98. The van der Waals surface area contributed by atoms with Crippen molar-refractivity contribution in [2.45, 2.75) is 0 Å². The van der Waals surface area contributed by atoms with Gasteiger partial charge in [0.2, 0.25) is 6.41 Å². The molecule has 0 radical (unpaired) electrons. The molecule has 0 spiro atoms. The minimum absolute atomic E-state index is 0.0428. The van der Waals surface area contributed by atoms with Gasteiger partial charge in [-0.2, -0.15) is 0 Å². The number of aromatic amines is 1. The third-order valence-corrected chi connectivity index (χ3v) is 3.82. The molecule has 3 rings (SSSR count). The van der Waals surface area contributed by atoms with E-state index in [2.05, 4.69) is 4.98 Å². The summed E-state index contributed by atoms with van der Waals surface area (Å²) in [5, 5.41) is 0.948. The second-order valence-electron chi connectivity index (χ2n) is 5.04. The van der Waals surface area contributed by atoms with Crippen LogP contribution in [-0.4, -0.2) is 60.4 Å². The number of fused-ring (bicyclic) bond motifs is 1. The van der Waals surface area contributed by atoms with Crippen LogP contribution < -0.4 is 4.74 Å². The standard InChI is InChI=1S/C15H17N3O3/c1-21-13-4-2-3-11-9-12(16-14(11)13)15(20)18-7-5-17(10-19)6-8-18/h2-4,9-10,16H,5-8H2,1H3. The zero-order valence-corrected chi connectivity index (χ0v) is 11.8. The maximum atomic E-state index is 12.5. The largest absolute Gasteiger partial charge is 0.495 e. The summed E-state index contributed by atoms with van der Waals surface area (Å²) < 4.78 is 5.29. The Balaban J connectivity index is 1.83. The van der Waals surface area contributed by atoms with Gasteiger partial charge < -0.3 is 19.5 Å². The lowest BCUT2D eigenvalue weighted by atomic mass is 10.2. The van der Waals surface area contributed by atoms with Crippen molar-refractivity contribution in [3.8, 4) is 5.75 Å². The van der Waals surface area contributed by atoms with Crippen molar-refractivity contribution < 1.29 is 14.3 Å². The number of hydrogen-bond donors (Lipinski definition) is 1. The number of nitrogens with one attached hydrogen (secondary N) is 1. The van der Waals surface area contributed by atoms with Crippen LogP contribution in [0.5, 0.6) is 5.75 Å². The molecule has 0 atom stereocenters. The number of H-pyrrole nitrogens is 1. The second-order valence-corrected chi connectivity index (χ2v) is 5.04. The summed E-state index contributed by atoms with van der Waals surface area (Å²) in [6, 6.07) is 7.53. The molecule has 0 bridgehead atoms.